The van der Waals surface area contributed by atoms with Crippen LogP contribution in [0.1, 0.15) is 32.3 Å². The first-order valence-electron chi connectivity index (χ1n) is 9.21. The molecule has 1 aliphatic rings. The van der Waals surface area contributed by atoms with Gasteiger partial charge >= 0.3 is 12.4 Å². The summed E-state index contributed by atoms with van der Waals surface area (Å²) in [5.41, 5.74) is 0.296. The summed E-state index contributed by atoms with van der Waals surface area (Å²) < 4.78 is 41.6. The van der Waals surface area contributed by atoms with E-state index in [-0.39, 0.29) is 24.4 Å². The molecule has 1 aromatic rings. The lowest BCUT2D eigenvalue weighted by Crippen LogP contribution is -2.48. The summed E-state index contributed by atoms with van der Waals surface area (Å²) in [7, 11) is 1.55. The summed E-state index contributed by atoms with van der Waals surface area (Å²) >= 11 is 0. The zero-order valence-corrected chi connectivity index (χ0v) is 16.1. The average Bonchev–Trinajstić information content (AvgIpc) is 2.55. The van der Waals surface area contributed by atoms with Crippen molar-refractivity contribution >= 4 is 6.03 Å². The van der Waals surface area contributed by atoms with Gasteiger partial charge in [0.25, 0.3) is 0 Å². The van der Waals surface area contributed by atoms with Crippen molar-refractivity contribution in [2.75, 3.05) is 26.7 Å². The minimum Gasteiger partial charge on any atom is -0.405 e. The third kappa shape index (κ3) is 7.28. The molecule has 0 radical (unpaired) electrons. The van der Waals surface area contributed by atoms with Crippen molar-refractivity contribution in [1.29, 1.82) is 0 Å². The molecule has 0 bridgehead atoms. The third-order valence-electron chi connectivity index (χ3n) is 4.60. The number of hydrogen-bond donors (Lipinski definition) is 1. The molecule has 27 heavy (non-hydrogen) atoms. The number of para-hydroxylation sites is 1. The fraction of sp³-hybridized carbons (Fsp3) is 0.632. The first-order valence-corrected chi connectivity index (χ1v) is 9.21. The highest BCUT2D eigenvalue weighted by molar-refractivity contribution is 5.74. The maximum absolute atomic E-state index is 12.5. The first kappa shape index (κ1) is 21.3. The molecule has 5 nitrogen and oxygen atoms in total. The van der Waals surface area contributed by atoms with Gasteiger partial charge in [0.1, 0.15) is 5.75 Å². The number of urea groups is 1. The predicted molar refractivity (Wildman–Crippen MR) is 97.4 cm³/mol. The molecule has 1 saturated heterocycles. The van der Waals surface area contributed by atoms with Crippen molar-refractivity contribution < 1.29 is 22.7 Å². The van der Waals surface area contributed by atoms with E-state index in [1.165, 1.54) is 29.5 Å². The van der Waals surface area contributed by atoms with Crippen LogP contribution in [0.15, 0.2) is 24.3 Å². The van der Waals surface area contributed by atoms with Gasteiger partial charge in [0.2, 0.25) is 0 Å². The van der Waals surface area contributed by atoms with E-state index in [0.29, 0.717) is 11.5 Å². The van der Waals surface area contributed by atoms with Crippen molar-refractivity contribution in [2.24, 2.45) is 5.92 Å². The molecule has 1 heterocycles. The molecule has 2 atom stereocenters. The largest absolute Gasteiger partial charge is 0.573 e. The Labute approximate surface area is 158 Å². The molecule has 2 amide bonds. The fourth-order valence-corrected chi connectivity index (χ4v) is 3.39. The minimum atomic E-state index is -4.77. The van der Waals surface area contributed by atoms with Crippen LogP contribution >= 0.6 is 0 Å². The number of likely N-dealkylation sites (tertiary alicyclic amines) is 1. The Morgan fingerprint density at radius 3 is 2.78 bits per heavy atom. The van der Waals surface area contributed by atoms with Crippen molar-refractivity contribution in [3.63, 3.8) is 0 Å². The van der Waals surface area contributed by atoms with Crippen molar-refractivity contribution in [2.45, 2.75) is 45.6 Å². The molecule has 0 aromatic heterocycles. The van der Waals surface area contributed by atoms with Crippen LogP contribution in [0.3, 0.4) is 0 Å². The molecule has 0 spiro atoms. The summed E-state index contributed by atoms with van der Waals surface area (Å²) in [4.78, 5) is 16.1. The number of piperidine rings is 1. The van der Waals surface area contributed by atoms with Gasteiger partial charge in [-0.25, -0.2) is 4.79 Å². The van der Waals surface area contributed by atoms with E-state index >= 15 is 0 Å². The number of carbonyl (C=O) groups excluding carboxylic acids is 1. The Morgan fingerprint density at radius 1 is 1.41 bits per heavy atom. The highest BCUT2D eigenvalue weighted by Crippen LogP contribution is 2.27. The zero-order valence-electron chi connectivity index (χ0n) is 16.1. The Balaban J connectivity index is 1.88. The van der Waals surface area contributed by atoms with Crippen molar-refractivity contribution in [3.8, 4) is 5.75 Å². The lowest BCUT2D eigenvalue weighted by Gasteiger charge is -2.33. The Kier molecular flexibility index (Phi) is 7.35. The maximum atomic E-state index is 12.5. The van der Waals surface area contributed by atoms with E-state index in [0.717, 1.165) is 26.1 Å². The number of halogens is 3. The van der Waals surface area contributed by atoms with Gasteiger partial charge < -0.3 is 19.9 Å². The maximum Gasteiger partial charge on any atom is 0.573 e. The second-order valence-electron chi connectivity index (χ2n) is 7.37. The summed E-state index contributed by atoms with van der Waals surface area (Å²) in [6, 6.07) is 5.47. The highest BCUT2D eigenvalue weighted by Gasteiger charge is 2.32. The number of rotatable bonds is 6. The lowest BCUT2D eigenvalue weighted by atomic mass is 10.00. The van der Waals surface area contributed by atoms with Gasteiger partial charge in [-0.15, -0.1) is 13.2 Å². The second-order valence-corrected chi connectivity index (χ2v) is 7.37. The van der Waals surface area contributed by atoms with Crippen LogP contribution in [0.4, 0.5) is 18.0 Å². The van der Waals surface area contributed by atoms with E-state index < -0.39 is 6.36 Å². The summed E-state index contributed by atoms with van der Waals surface area (Å²) in [6.45, 7) is 7.00. The SMILES string of the molecule is C[C@H]1CCCN(C[C@H](C)NC(=O)N(C)Cc2ccccc2OC(F)(F)F)C1. The number of carbonyl (C=O) groups is 1. The highest BCUT2D eigenvalue weighted by atomic mass is 19.4. The molecule has 8 heteroatoms. The second kappa shape index (κ2) is 9.30. The Hall–Kier alpha value is -1.96. The molecule has 1 fully saturated rings. The van der Waals surface area contributed by atoms with Crippen LogP contribution in [0, 0.1) is 5.92 Å². The molecule has 2 rings (SSSR count). The number of benzene rings is 1. The van der Waals surface area contributed by atoms with Gasteiger partial charge in [0.05, 0.1) is 6.54 Å². The minimum absolute atomic E-state index is 0.0194. The van der Waals surface area contributed by atoms with E-state index in [4.69, 9.17) is 0 Å². The normalized spacial score (nSPS) is 19.4. The summed E-state index contributed by atoms with van der Waals surface area (Å²) in [6.07, 6.45) is -2.37. The van der Waals surface area contributed by atoms with E-state index in [1.54, 1.807) is 13.1 Å². The van der Waals surface area contributed by atoms with Gasteiger partial charge in [-0.1, -0.05) is 25.1 Å². The standard InChI is InChI=1S/C19H28F3N3O2/c1-14-7-6-10-25(11-14)12-15(2)23-18(26)24(3)13-16-8-4-5-9-17(16)27-19(20,21)22/h4-5,8-9,14-15H,6-7,10-13H2,1-3H3,(H,23,26)/t14-,15-/m0/s1. The predicted octanol–water partition coefficient (Wildman–Crippen LogP) is 3.85. The molecule has 0 aliphatic carbocycles. The Bertz CT molecular complexity index is 624. The average molecular weight is 387 g/mol. The van der Waals surface area contributed by atoms with Crippen molar-refractivity contribution in [1.82, 2.24) is 15.1 Å². The molecule has 1 aliphatic heterocycles. The molecule has 0 saturated carbocycles. The lowest BCUT2D eigenvalue weighted by molar-refractivity contribution is -0.275. The topological polar surface area (TPSA) is 44.8 Å². The van der Waals surface area contributed by atoms with Crippen LogP contribution < -0.4 is 10.1 Å². The van der Waals surface area contributed by atoms with Crippen LogP contribution in [0.2, 0.25) is 0 Å². The van der Waals surface area contributed by atoms with Crippen LogP contribution in [-0.4, -0.2) is 54.9 Å². The molecular weight excluding hydrogens is 359 g/mol. The van der Waals surface area contributed by atoms with Gasteiger partial charge in [-0.05, 0) is 38.3 Å². The Morgan fingerprint density at radius 2 is 2.11 bits per heavy atom. The van der Waals surface area contributed by atoms with E-state index in [1.807, 2.05) is 6.92 Å². The number of hydrogen-bond acceptors (Lipinski definition) is 3. The molecular formula is C19H28F3N3O2. The zero-order chi connectivity index (χ0) is 20.0. The van der Waals surface area contributed by atoms with Gasteiger partial charge in [-0.2, -0.15) is 0 Å². The number of amides is 2. The van der Waals surface area contributed by atoms with Crippen molar-refractivity contribution in [3.05, 3.63) is 29.8 Å². The third-order valence-corrected chi connectivity index (χ3v) is 4.60. The van der Waals surface area contributed by atoms with Gasteiger partial charge in [0.15, 0.2) is 0 Å². The van der Waals surface area contributed by atoms with E-state index in [9.17, 15) is 18.0 Å². The first-order chi connectivity index (χ1) is 12.6. The summed E-state index contributed by atoms with van der Waals surface area (Å²) in [5, 5.41) is 2.91. The fourth-order valence-electron chi connectivity index (χ4n) is 3.39. The van der Waals surface area contributed by atoms with Gasteiger partial charge in [-0.3, -0.25) is 0 Å². The smallest absolute Gasteiger partial charge is 0.405 e. The molecule has 1 N–H and O–H groups in total. The monoisotopic (exact) mass is 387 g/mol. The number of ether oxygens (including phenoxy) is 1. The number of alkyl halides is 3. The summed E-state index contributed by atoms with van der Waals surface area (Å²) in [5.74, 6) is 0.370. The van der Waals surface area contributed by atoms with Crippen LogP contribution in [0.25, 0.3) is 0 Å². The van der Waals surface area contributed by atoms with Crippen LogP contribution in [-0.2, 0) is 6.54 Å². The number of nitrogens with zero attached hydrogens (tertiary/aromatic N) is 2. The van der Waals surface area contributed by atoms with Gasteiger partial charge in [0, 0.05) is 31.7 Å². The van der Waals surface area contributed by atoms with Crippen LogP contribution in [0.5, 0.6) is 5.75 Å². The quantitative estimate of drug-likeness (QED) is 0.807. The number of nitrogens with one attached hydrogen (secondary N) is 1. The molecule has 1 aromatic carbocycles. The van der Waals surface area contributed by atoms with E-state index in [2.05, 4.69) is 21.9 Å². The molecule has 152 valence electrons. The molecule has 0 unspecified atom stereocenters.